The monoisotopic (exact) mass is 189 g/mol. The highest BCUT2D eigenvalue weighted by molar-refractivity contribution is 5.97. The first-order valence-electron chi connectivity index (χ1n) is 4.63. The summed E-state index contributed by atoms with van der Waals surface area (Å²) in [5, 5.41) is 0. The maximum Gasteiger partial charge on any atom is 0.161 e. The van der Waals surface area contributed by atoms with Gasteiger partial charge < -0.3 is 0 Å². The quantitative estimate of drug-likeness (QED) is 0.669. The zero-order valence-electron chi connectivity index (χ0n) is 8.82. The number of hydrogen-bond acceptors (Lipinski definition) is 2. The van der Waals surface area contributed by atoms with Crippen molar-refractivity contribution in [2.45, 2.75) is 20.8 Å². The Balaban J connectivity index is 2.71. The Morgan fingerprint density at radius 2 is 2.14 bits per heavy atom. The lowest BCUT2D eigenvalue weighted by molar-refractivity contribution is -0.121. The van der Waals surface area contributed by atoms with Gasteiger partial charge in [-0.3, -0.25) is 9.78 Å². The van der Waals surface area contributed by atoms with Crippen LogP contribution in [-0.4, -0.2) is 10.8 Å². The third-order valence-electron chi connectivity index (χ3n) is 1.85. The standard InChI is InChI=1S/C12H15NO/c1-12(2,3)11(14)7-6-10-5-4-8-13-9-10/h4-9H,1-3H3. The number of hydrogen-bond donors (Lipinski definition) is 0. The lowest BCUT2D eigenvalue weighted by atomic mass is 9.90. The molecule has 2 heteroatoms. The molecule has 0 saturated heterocycles. The molecule has 0 atom stereocenters. The zero-order chi connectivity index (χ0) is 10.6. The molecular formula is C12H15NO. The molecule has 0 fully saturated rings. The third-order valence-corrected chi connectivity index (χ3v) is 1.85. The molecule has 0 bridgehead atoms. The van der Waals surface area contributed by atoms with Crippen molar-refractivity contribution >= 4 is 11.9 Å². The van der Waals surface area contributed by atoms with E-state index in [0.717, 1.165) is 5.56 Å². The summed E-state index contributed by atoms with van der Waals surface area (Å²) in [6.45, 7) is 5.72. The molecule has 0 amide bonds. The van der Waals surface area contributed by atoms with Gasteiger partial charge in [-0.05, 0) is 23.8 Å². The molecule has 0 saturated carbocycles. The normalized spacial score (nSPS) is 11.9. The molecular weight excluding hydrogens is 174 g/mol. The molecule has 2 nitrogen and oxygen atoms in total. The minimum atomic E-state index is -0.307. The van der Waals surface area contributed by atoms with E-state index in [0.29, 0.717) is 0 Å². The minimum absolute atomic E-state index is 0.126. The molecule has 0 unspecified atom stereocenters. The van der Waals surface area contributed by atoms with Gasteiger partial charge in [0.25, 0.3) is 0 Å². The molecule has 0 aliphatic heterocycles. The van der Waals surface area contributed by atoms with Crippen molar-refractivity contribution in [3.63, 3.8) is 0 Å². The van der Waals surface area contributed by atoms with Gasteiger partial charge in [-0.25, -0.2) is 0 Å². The first-order chi connectivity index (χ1) is 6.50. The third kappa shape index (κ3) is 3.13. The summed E-state index contributed by atoms with van der Waals surface area (Å²) in [6, 6.07) is 3.76. The summed E-state index contributed by atoms with van der Waals surface area (Å²) in [4.78, 5) is 15.5. The summed E-state index contributed by atoms with van der Waals surface area (Å²) in [5.41, 5.74) is 0.642. The van der Waals surface area contributed by atoms with Gasteiger partial charge in [-0.15, -0.1) is 0 Å². The molecule has 1 rings (SSSR count). The summed E-state index contributed by atoms with van der Waals surface area (Å²) in [7, 11) is 0. The van der Waals surface area contributed by atoms with Crippen LogP contribution in [0.25, 0.3) is 6.08 Å². The van der Waals surface area contributed by atoms with E-state index in [2.05, 4.69) is 4.98 Å². The minimum Gasteiger partial charge on any atom is -0.294 e. The van der Waals surface area contributed by atoms with Crippen molar-refractivity contribution in [3.8, 4) is 0 Å². The van der Waals surface area contributed by atoms with E-state index in [1.54, 1.807) is 24.5 Å². The van der Waals surface area contributed by atoms with Crippen LogP contribution in [0, 0.1) is 5.41 Å². The van der Waals surface area contributed by atoms with Crippen LogP contribution >= 0.6 is 0 Å². The van der Waals surface area contributed by atoms with Gasteiger partial charge in [0.15, 0.2) is 5.78 Å². The van der Waals surface area contributed by atoms with Crippen molar-refractivity contribution in [2.24, 2.45) is 5.41 Å². The Morgan fingerprint density at radius 3 is 2.64 bits per heavy atom. The van der Waals surface area contributed by atoms with E-state index in [1.165, 1.54) is 0 Å². The fourth-order valence-electron chi connectivity index (χ4n) is 0.896. The molecule has 14 heavy (non-hydrogen) atoms. The molecule has 0 aliphatic carbocycles. The van der Waals surface area contributed by atoms with E-state index in [1.807, 2.05) is 32.9 Å². The van der Waals surface area contributed by atoms with Crippen LogP contribution < -0.4 is 0 Å². The molecule has 0 spiro atoms. The van der Waals surface area contributed by atoms with Crippen LogP contribution in [0.15, 0.2) is 30.6 Å². The number of carbonyl (C=O) groups is 1. The highest BCUT2D eigenvalue weighted by Gasteiger charge is 2.17. The highest BCUT2D eigenvalue weighted by Crippen LogP contribution is 2.15. The van der Waals surface area contributed by atoms with Crippen LogP contribution in [0.5, 0.6) is 0 Å². The molecule has 0 radical (unpaired) electrons. The number of pyridine rings is 1. The lowest BCUT2D eigenvalue weighted by Gasteiger charge is -2.12. The van der Waals surface area contributed by atoms with Crippen molar-refractivity contribution in [1.29, 1.82) is 0 Å². The topological polar surface area (TPSA) is 30.0 Å². The van der Waals surface area contributed by atoms with Gasteiger partial charge in [-0.2, -0.15) is 0 Å². The van der Waals surface area contributed by atoms with Crippen molar-refractivity contribution in [2.75, 3.05) is 0 Å². The highest BCUT2D eigenvalue weighted by atomic mass is 16.1. The number of allylic oxidation sites excluding steroid dienone is 1. The van der Waals surface area contributed by atoms with E-state index in [4.69, 9.17) is 0 Å². The molecule has 1 heterocycles. The van der Waals surface area contributed by atoms with Gasteiger partial charge in [-0.1, -0.05) is 26.8 Å². The average Bonchev–Trinajstić information content (AvgIpc) is 2.14. The van der Waals surface area contributed by atoms with E-state index < -0.39 is 0 Å². The summed E-state index contributed by atoms with van der Waals surface area (Å²) < 4.78 is 0. The van der Waals surface area contributed by atoms with Crippen LogP contribution in [0.3, 0.4) is 0 Å². The zero-order valence-corrected chi connectivity index (χ0v) is 8.82. The van der Waals surface area contributed by atoms with Crippen molar-refractivity contribution < 1.29 is 4.79 Å². The second kappa shape index (κ2) is 4.18. The second-order valence-electron chi connectivity index (χ2n) is 4.23. The van der Waals surface area contributed by atoms with Gasteiger partial charge in [0.1, 0.15) is 0 Å². The number of rotatable bonds is 2. The van der Waals surface area contributed by atoms with E-state index in [9.17, 15) is 4.79 Å². The number of ketones is 1. The van der Waals surface area contributed by atoms with Gasteiger partial charge in [0.05, 0.1) is 0 Å². The summed E-state index contributed by atoms with van der Waals surface area (Å²) >= 11 is 0. The second-order valence-corrected chi connectivity index (χ2v) is 4.23. The van der Waals surface area contributed by atoms with Crippen molar-refractivity contribution in [1.82, 2.24) is 4.98 Å². The van der Waals surface area contributed by atoms with E-state index >= 15 is 0 Å². The Labute approximate surface area is 84.7 Å². The summed E-state index contributed by atoms with van der Waals surface area (Å²) in [6.07, 6.45) is 6.84. The number of aromatic nitrogens is 1. The molecule has 1 aromatic heterocycles. The molecule has 1 aromatic rings. The Bertz CT molecular complexity index is 333. The van der Waals surface area contributed by atoms with Gasteiger partial charge >= 0.3 is 0 Å². The van der Waals surface area contributed by atoms with Crippen molar-refractivity contribution in [3.05, 3.63) is 36.2 Å². The Hall–Kier alpha value is -1.44. The fourth-order valence-corrected chi connectivity index (χ4v) is 0.896. The van der Waals surface area contributed by atoms with Gasteiger partial charge in [0.2, 0.25) is 0 Å². The Kier molecular flexibility index (Phi) is 3.18. The molecule has 74 valence electrons. The number of carbonyl (C=O) groups excluding carboxylic acids is 1. The number of nitrogens with zero attached hydrogens (tertiary/aromatic N) is 1. The molecule has 0 aliphatic rings. The first kappa shape index (κ1) is 10.6. The maximum atomic E-state index is 11.5. The predicted octanol–water partition coefficient (Wildman–Crippen LogP) is 2.71. The van der Waals surface area contributed by atoms with Crippen LogP contribution in [0.1, 0.15) is 26.3 Å². The van der Waals surface area contributed by atoms with Crippen LogP contribution in [0.4, 0.5) is 0 Å². The molecule has 0 N–H and O–H groups in total. The van der Waals surface area contributed by atoms with Crippen LogP contribution in [0.2, 0.25) is 0 Å². The Morgan fingerprint density at radius 1 is 1.43 bits per heavy atom. The van der Waals surface area contributed by atoms with Crippen LogP contribution in [-0.2, 0) is 4.79 Å². The summed E-state index contributed by atoms with van der Waals surface area (Å²) in [5.74, 6) is 0.126. The maximum absolute atomic E-state index is 11.5. The first-order valence-corrected chi connectivity index (χ1v) is 4.63. The fraction of sp³-hybridized carbons (Fsp3) is 0.333. The smallest absolute Gasteiger partial charge is 0.161 e. The largest absolute Gasteiger partial charge is 0.294 e. The predicted molar refractivity (Wildman–Crippen MR) is 57.7 cm³/mol. The average molecular weight is 189 g/mol. The van der Waals surface area contributed by atoms with Gasteiger partial charge in [0, 0.05) is 17.8 Å². The SMILES string of the molecule is CC(C)(C)C(=O)C=Cc1cccnc1. The van der Waals surface area contributed by atoms with E-state index in [-0.39, 0.29) is 11.2 Å². The lowest BCUT2D eigenvalue weighted by Crippen LogP contribution is -2.17. The molecule has 0 aromatic carbocycles.